The van der Waals surface area contributed by atoms with Crippen LogP contribution in [0.5, 0.6) is 11.5 Å². The van der Waals surface area contributed by atoms with Crippen LogP contribution in [0, 0.1) is 0 Å². The van der Waals surface area contributed by atoms with Gasteiger partial charge >= 0.3 is 12.1 Å². The highest BCUT2D eigenvalue weighted by Crippen LogP contribution is 2.50. The second kappa shape index (κ2) is 12.0. The average Bonchev–Trinajstić information content (AvgIpc) is 2.90. The Labute approximate surface area is 217 Å². The molecule has 0 aliphatic rings. The van der Waals surface area contributed by atoms with E-state index in [0.717, 1.165) is 11.8 Å². The monoisotopic (exact) mass is 560 g/mol. The van der Waals surface area contributed by atoms with E-state index < -0.39 is 28.7 Å². The first-order chi connectivity index (χ1) is 17.5. The first kappa shape index (κ1) is 28.5. The molecule has 0 aliphatic heterocycles. The zero-order valence-electron chi connectivity index (χ0n) is 19.3. The van der Waals surface area contributed by atoms with Crippen molar-refractivity contribution < 1.29 is 40.2 Å². The molecule has 3 aromatic carbocycles. The minimum absolute atomic E-state index is 0.0720. The van der Waals surface area contributed by atoms with Gasteiger partial charge in [-0.25, -0.2) is 8.78 Å². The fraction of sp³-hybridized carbons (Fsp3) is 0.154. The maximum absolute atomic E-state index is 15.5. The van der Waals surface area contributed by atoms with Gasteiger partial charge in [0.2, 0.25) is 5.83 Å². The lowest BCUT2D eigenvalue weighted by atomic mass is 10.2. The van der Waals surface area contributed by atoms with Crippen LogP contribution >= 0.6 is 23.5 Å². The fourth-order valence-electron chi connectivity index (χ4n) is 2.90. The third-order valence-corrected chi connectivity index (χ3v) is 7.20. The predicted octanol–water partition coefficient (Wildman–Crippen LogP) is 9.31. The molecule has 0 spiro atoms. The number of allylic oxidation sites excluding steroid dienone is 2. The summed E-state index contributed by atoms with van der Waals surface area (Å²) in [6, 6.07) is 20.0. The van der Waals surface area contributed by atoms with Gasteiger partial charge in [-0.2, -0.15) is 22.0 Å². The van der Waals surface area contributed by atoms with E-state index in [1.165, 1.54) is 50.6 Å². The Morgan fingerprint density at radius 3 is 1.54 bits per heavy atom. The molecule has 0 radical (unpaired) electrons. The molecule has 0 aliphatic carbocycles. The van der Waals surface area contributed by atoms with E-state index >= 15 is 4.39 Å². The number of thioether (sulfide) groups is 2. The molecule has 0 unspecified atom stereocenters. The van der Waals surface area contributed by atoms with E-state index in [0.29, 0.717) is 28.2 Å². The second-order valence-electron chi connectivity index (χ2n) is 7.28. The molecule has 3 rings (SSSR count). The van der Waals surface area contributed by atoms with Crippen molar-refractivity contribution in [2.75, 3.05) is 14.2 Å². The summed E-state index contributed by atoms with van der Waals surface area (Å²) in [5.74, 6) is -10.6. The van der Waals surface area contributed by atoms with Crippen LogP contribution in [0.15, 0.2) is 105 Å². The Morgan fingerprint density at radius 1 is 0.649 bits per heavy atom. The highest BCUT2D eigenvalue weighted by molar-refractivity contribution is 8.11. The van der Waals surface area contributed by atoms with Gasteiger partial charge in [-0.15, -0.1) is 0 Å². The topological polar surface area (TPSA) is 18.5 Å². The van der Waals surface area contributed by atoms with Gasteiger partial charge in [0.25, 0.3) is 0 Å². The third-order valence-electron chi connectivity index (χ3n) is 4.82. The van der Waals surface area contributed by atoms with Gasteiger partial charge in [-0.3, -0.25) is 0 Å². The number of hydrogen-bond acceptors (Lipinski definition) is 4. The van der Waals surface area contributed by atoms with E-state index in [2.05, 4.69) is 0 Å². The quantitative estimate of drug-likeness (QED) is 0.147. The van der Waals surface area contributed by atoms with Crippen LogP contribution in [-0.4, -0.2) is 26.3 Å². The van der Waals surface area contributed by atoms with Crippen molar-refractivity contribution in [3.63, 3.8) is 0 Å². The summed E-state index contributed by atoms with van der Waals surface area (Å²) in [7, 11) is 2.86. The molecule has 0 aromatic heterocycles. The zero-order chi connectivity index (χ0) is 27.2. The van der Waals surface area contributed by atoms with Crippen molar-refractivity contribution in [2.45, 2.75) is 21.9 Å². The molecule has 0 amide bonds. The molecule has 3 aromatic rings. The largest absolute Gasteiger partial charge is 0.497 e. The first-order valence-corrected chi connectivity index (χ1v) is 12.1. The summed E-state index contributed by atoms with van der Waals surface area (Å²) >= 11 is 1.38. The van der Waals surface area contributed by atoms with Crippen LogP contribution in [0.2, 0.25) is 0 Å². The van der Waals surface area contributed by atoms with Gasteiger partial charge < -0.3 is 9.47 Å². The van der Waals surface area contributed by atoms with Gasteiger partial charge in [-0.05, 0) is 54.1 Å². The number of benzene rings is 3. The standard InChI is InChI=1S/C26H19F7O2S2/c1-34-17-8-12-19(13-9-17)36-22(16-6-4-3-5-7-16)23(37-20-14-10-18(35-2)11-15-20)21(27)24(28)25(29,30)26(31,32)33/h3-15H,1-2H3/b23-22-,24-21+. The van der Waals surface area contributed by atoms with E-state index in [1.54, 1.807) is 42.5 Å². The molecule has 0 saturated carbocycles. The van der Waals surface area contributed by atoms with E-state index in [-0.39, 0.29) is 15.4 Å². The number of ether oxygens (including phenoxy) is 2. The molecule has 2 nitrogen and oxygen atoms in total. The van der Waals surface area contributed by atoms with Gasteiger partial charge in [0.1, 0.15) is 11.5 Å². The second-order valence-corrected chi connectivity index (χ2v) is 9.45. The minimum Gasteiger partial charge on any atom is -0.497 e. The SMILES string of the molecule is COc1ccc(SC(=C(\Sc2ccc(OC)cc2)c2ccccc2)/C(F)=C(\F)C(F)(F)C(F)(F)F)cc1. The molecule has 196 valence electrons. The van der Waals surface area contributed by atoms with E-state index in [9.17, 15) is 26.3 Å². The van der Waals surface area contributed by atoms with Crippen LogP contribution < -0.4 is 9.47 Å². The molecule has 37 heavy (non-hydrogen) atoms. The number of methoxy groups -OCH3 is 2. The third kappa shape index (κ3) is 6.84. The Kier molecular flexibility index (Phi) is 9.25. The average molecular weight is 561 g/mol. The smallest absolute Gasteiger partial charge is 0.460 e. The normalized spacial score (nSPS) is 13.5. The van der Waals surface area contributed by atoms with Gasteiger partial charge in [-0.1, -0.05) is 53.9 Å². The maximum atomic E-state index is 15.5. The fourth-order valence-corrected chi connectivity index (χ4v) is 4.99. The van der Waals surface area contributed by atoms with Crippen molar-refractivity contribution >= 4 is 28.4 Å². The Hall–Kier alpha value is -3.05. The van der Waals surface area contributed by atoms with Crippen molar-refractivity contribution in [1.82, 2.24) is 0 Å². The van der Waals surface area contributed by atoms with Gasteiger partial charge in [0, 0.05) is 14.7 Å². The molecule has 0 N–H and O–H groups in total. The minimum atomic E-state index is -6.33. The van der Waals surface area contributed by atoms with Crippen molar-refractivity contribution in [2.24, 2.45) is 0 Å². The zero-order valence-corrected chi connectivity index (χ0v) is 20.9. The van der Waals surface area contributed by atoms with Crippen LogP contribution in [0.1, 0.15) is 5.56 Å². The van der Waals surface area contributed by atoms with Crippen LogP contribution in [0.4, 0.5) is 30.7 Å². The lowest BCUT2D eigenvalue weighted by Gasteiger charge is -2.20. The first-order valence-electron chi connectivity index (χ1n) is 10.4. The molecular formula is C26H19F7O2S2. The number of rotatable bonds is 9. The Bertz CT molecular complexity index is 1250. The summed E-state index contributed by atoms with van der Waals surface area (Å²) in [5.41, 5.74) is 0.276. The highest BCUT2D eigenvalue weighted by Gasteiger charge is 2.62. The number of hydrogen-bond donors (Lipinski definition) is 0. The summed E-state index contributed by atoms with van der Waals surface area (Å²) in [6.07, 6.45) is -6.33. The van der Waals surface area contributed by atoms with Crippen LogP contribution in [0.3, 0.4) is 0 Å². The van der Waals surface area contributed by atoms with E-state index in [1.807, 2.05) is 0 Å². The molecular weight excluding hydrogens is 541 g/mol. The lowest BCUT2D eigenvalue weighted by Crippen LogP contribution is -2.37. The Balaban J connectivity index is 2.27. The molecule has 11 heteroatoms. The van der Waals surface area contributed by atoms with Gasteiger partial charge in [0.15, 0.2) is 5.83 Å². The van der Waals surface area contributed by atoms with Crippen LogP contribution in [-0.2, 0) is 0 Å². The Morgan fingerprint density at radius 2 is 1.11 bits per heavy atom. The highest BCUT2D eigenvalue weighted by atomic mass is 32.2. The predicted molar refractivity (Wildman–Crippen MR) is 131 cm³/mol. The van der Waals surface area contributed by atoms with Crippen molar-refractivity contribution in [3.8, 4) is 11.5 Å². The molecule has 0 heterocycles. The molecule has 0 fully saturated rings. The number of halogens is 7. The molecule has 0 saturated heterocycles. The molecule has 0 atom stereocenters. The maximum Gasteiger partial charge on any atom is 0.460 e. The van der Waals surface area contributed by atoms with E-state index in [4.69, 9.17) is 9.47 Å². The summed E-state index contributed by atoms with van der Waals surface area (Å²) in [4.78, 5) is -0.100. The van der Waals surface area contributed by atoms with Crippen LogP contribution in [0.25, 0.3) is 4.91 Å². The van der Waals surface area contributed by atoms with Crippen molar-refractivity contribution in [3.05, 3.63) is 101 Å². The van der Waals surface area contributed by atoms with Gasteiger partial charge in [0.05, 0.1) is 19.1 Å². The number of alkyl halides is 5. The summed E-state index contributed by atoms with van der Waals surface area (Å²) in [6.45, 7) is 0. The summed E-state index contributed by atoms with van der Waals surface area (Å²) in [5, 5.41) is 0. The summed E-state index contributed by atoms with van der Waals surface area (Å²) < 4.78 is 107. The van der Waals surface area contributed by atoms with Crippen molar-refractivity contribution in [1.29, 1.82) is 0 Å². The lowest BCUT2D eigenvalue weighted by molar-refractivity contribution is -0.271. The molecule has 0 bridgehead atoms.